The summed E-state index contributed by atoms with van der Waals surface area (Å²) in [6.07, 6.45) is 3.23. The van der Waals surface area contributed by atoms with Crippen LogP contribution in [0.15, 0.2) is 73.1 Å². The molecule has 0 aliphatic heterocycles. The molecule has 0 bridgehead atoms. The average molecular weight is 467 g/mol. The van der Waals surface area contributed by atoms with E-state index in [1.807, 2.05) is 67.6 Å². The molecule has 0 amide bonds. The number of aromatic amines is 2. The molecule has 6 aromatic rings. The monoisotopic (exact) mass is 466 g/mol. The van der Waals surface area contributed by atoms with Gasteiger partial charge in [0.05, 0.1) is 28.5 Å². The Morgan fingerprint density at radius 2 is 1.76 bits per heavy atom. The molecular formula is C26H19ClN6O. The molecule has 3 heterocycles. The molecule has 0 fully saturated rings. The van der Waals surface area contributed by atoms with Crippen LogP contribution in [0, 0.1) is 6.92 Å². The summed E-state index contributed by atoms with van der Waals surface area (Å²) in [5, 5.41) is 5.90. The molecule has 0 radical (unpaired) electrons. The van der Waals surface area contributed by atoms with Gasteiger partial charge in [-0.3, -0.25) is 4.79 Å². The summed E-state index contributed by atoms with van der Waals surface area (Å²) in [6.45, 7) is 1.90. The van der Waals surface area contributed by atoms with E-state index >= 15 is 0 Å². The van der Waals surface area contributed by atoms with Crippen LogP contribution in [0.5, 0.6) is 0 Å². The van der Waals surface area contributed by atoms with Gasteiger partial charge in [-0.05, 0) is 54.4 Å². The standard InChI is InChI=1S/C26H19ClN6O/c1-14-31-22-9-7-18(11-24(22)32-14)33-26(28)21(13-30-33)25(34)20-12-29-23-10-16(4-8-19(20)23)15-2-5-17(27)6-3-15/h2-13,29H,28H2,1H3,(H,31,32). The highest BCUT2D eigenvalue weighted by Gasteiger charge is 2.21. The van der Waals surface area contributed by atoms with Gasteiger partial charge < -0.3 is 15.7 Å². The minimum Gasteiger partial charge on any atom is -0.383 e. The summed E-state index contributed by atoms with van der Waals surface area (Å²) in [5.74, 6) is 0.921. The number of nitrogens with zero attached hydrogens (tertiary/aromatic N) is 3. The summed E-state index contributed by atoms with van der Waals surface area (Å²) in [4.78, 5) is 24.3. The third-order valence-corrected chi connectivity index (χ3v) is 6.24. The van der Waals surface area contributed by atoms with Crippen LogP contribution in [0.1, 0.15) is 21.7 Å². The van der Waals surface area contributed by atoms with E-state index in [1.165, 1.54) is 6.20 Å². The summed E-state index contributed by atoms with van der Waals surface area (Å²) < 4.78 is 1.56. The maximum absolute atomic E-state index is 13.4. The molecule has 3 aromatic carbocycles. The van der Waals surface area contributed by atoms with E-state index in [2.05, 4.69) is 20.1 Å². The number of aryl methyl sites for hydroxylation is 1. The van der Waals surface area contributed by atoms with Crippen LogP contribution in [0.3, 0.4) is 0 Å². The molecule has 4 N–H and O–H groups in total. The van der Waals surface area contributed by atoms with Gasteiger partial charge in [-0.1, -0.05) is 35.9 Å². The maximum Gasteiger partial charge on any atom is 0.200 e. The van der Waals surface area contributed by atoms with E-state index in [-0.39, 0.29) is 11.6 Å². The minimum atomic E-state index is -0.189. The molecule has 166 valence electrons. The third-order valence-electron chi connectivity index (χ3n) is 5.98. The number of hydrogen-bond donors (Lipinski definition) is 3. The number of rotatable bonds is 4. The predicted molar refractivity (Wildman–Crippen MR) is 135 cm³/mol. The Hall–Kier alpha value is -4.36. The largest absolute Gasteiger partial charge is 0.383 e. The number of carbonyl (C=O) groups is 1. The van der Waals surface area contributed by atoms with Gasteiger partial charge >= 0.3 is 0 Å². The fourth-order valence-electron chi connectivity index (χ4n) is 4.27. The second-order valence-electron chi connectivity index (χ2n) is 8.18. The summed E-state index contributed by atoms with van der Waals surface area (Å²) in [5.41, 5.74) is 12.7. The molecule has 0 aliphatic carbocycles. The molecule has 0 atom stereocenters. The lowest BCUT2D eigenvalue weighted by Crippen LogP contribution is -2.07. The van der Waals surface area contributed by atoms with Crippen molar-refractivity contribution in [3.63, 3.8) is 0 Å². The number of anilines is 1. The number of aromatic nitrogens is 5. The fraction of sp³-hybridized carbons (Fsp3) is 0.0385. The van der Waals surface area contributed by atoms with Crippen molar-refractivity contribution in [2.45, 2.75) is 6.92 Å². The normalized spacial score (nSPS) is 11.5. The number of halogens is 1. The van der Waals surface area contributed by atoms with Crippen molar-refractivity contribution >= 4 is 45.1 Å². The Bertz CT molecular complexity index is 1710. The predicted octanol–water partition coefficient (Wildman–Crippen LogP) is 5.67. The van der Waals surface area contributed by atoms with Crippen LogP contribution < -0.4 is 5.73 Å². The maximum atomic E-state index is 13.4. The second-order valence-corrected chi connectivity index (χ2v) is 8.61. The quantitative estimate of drug-likeness (QED) is 0.291. The number of imidazole rings is 1. The van der Waals surface area contributed by atoms with Crippen LogP contribution >= 0.6 is 11.6 Å². The highest BCUT2D eigenvalue weighted by atomic mass is 35.5. The Labute approximate surface area is 199 Å². The van der Waals surface area contributed by atoms with E-state index < -0.39 is 0 Å². The molecule has 34 heavy (non-hydrogen) atoms. The van der Waals surface area contributed by atoms with Gasteiger partial charge in [-0.25, -0.2) is 9.67 Å². The zero-order valence-electron chi connectivity index (χ0n) is 18.1. The Morgan fingerprint density at radius 3 is 2.59 bits per heavy atom. The van der Waals surface area contributed by atoms with Crippen LogP contribution in [0.4, 0.5) is 5.82 Å². The van der Waals surface area contributed by atoms with Gasteiger partial charge in [-0.2, -0.15) is 5.10 Å². The number of ketones is 1. The molecule has 0 saturated carbocycles. The van der Waals surface area contributed by atoms with Gasteiger partial charge in [0.1, 0.15) is 11.6 Å². The summed E-state index contributed by atoms with van der Waals surface area (Å²) >= 11 is 6.01. The van der Waals surface area contributed by atoms with E-state index in [1.54, 1.807) is 10.9 Å². The highest BCUT2D eigenvalue weighted by molar-refractivity contribution is 6.30. The average Bonchev–Trinajstić information content (AvgIpc) is 3.53. The number of nitrogens with two attached hydrogens (primary N) is 1. The van der Waals surface area contributed by atoms with Crippen molar-refractivity contribution in [3.05, 3.63) is 95.0 Å². The first-order valence-electron chi connectivity index (χ1n) is 10.7. The topological polar surface area (TPSA) is 105 Å². The molecular weight excluding hydrogens is 448 g/mol. The SMILES string of the molecule is Cc1nc2cc(-n3ncc(C(=O)c4c[nH]c5cc(-c6ccc(Cl)cc6)ccc45)c3N)ccc2[nH]1. The van der Waals surface area contributed by atoms with E-state index in [9.17, 15) is 4.79 Å². The van der Waals surface area contributed by atoms with E-state index in [0.29, 0.717) is 16.1 Å². The van der Waals surface area contributed by atoms with Gasteiger partial charge in [0.15, 0.2) is 0 Å². The van der Waals surface area contributed by atoms with Crippen molar-refractivity contribution in [2.24, 2.45) is 0 Å². The third kappa shape index (κ3) is 3.25. The van der Waals surface area contributed by atoms with Crippen LogP contribution in [-0.4, -0.2) is 30.5 Å². The lowest BCUT2D eigenvalue weighted by Gasteiger charge is -2.05. The van der Waals surface area contributed by atoms with Crippen LogP contribution in [-0.2, 0) is 0 Å². The zero-order chi connectivity index (χ0) is 23.4. The smallest absolute Gasteiger partial charge is 0.200 e. The van der Waals surface area contributed by atoms with Gasteiger partial charge in [0.2, 0.25) is 5.78 Å². The molecule has 3 aromatic heterocycles. The van der Waals surface area contributed by atoms with Crippen molar-refractivity contribution in [3.8, 4) is 16.8 Å². The van der Waals surface area contributed by atoms with Gasteiger partial charge in [-0.15, -0.1) is 0 Å². The molecule has 0 spiro atoms. The Balaban J connectivity index is 1.36. The summed E-state index contributed by atoms with van der Waals surface area (Å²) in [7, 11) is 0. The van der Waals surface area contributed by atoms with Gasteiger partial charge in [0.25, 0.3) is 0 Å². The van der Waals surface area contributed by atoms with Crippen molar-refractivity contribution < 1.29 is 4.79 Å². The van der Waals surface area contributed by atoms with Crippen LogP contribution in [0.2, 0.25) is 5.02 Å². The van der Waals surface area contributed by atoms with Crippen LogP contribution in [0.25, 0.3) is 38.8 Å². The first kappa shape index (κ1) is 20.3. The second kappa shape index (κ2) is 7.60. The van der Waals surface area contributed by atoms with Crippen molar-refractivity contribution in [1.82, 2.24) is 24.7 Å². The molecule has 6 rings (SSSR count). The molecule has 0 unspecified atom stereocenters. The molecule has 0 aliphatic rings. The first-order chi connectivity index (χ1) is 16.5. The Morgan fingerprint density at radius 1 is 0.971 bits per heavy atom. The number of H-pyrrole nitrogens is 2. The summed E-state index contributed by atoms with van der Waals surface area (Å²) in [6, 6.07) is 19.3. The lowest BCUT2D eigenvalue weighted by molar-refractivity contribution is 0.104. The number of nitrogens with one attached hydrogen (secondary N) is 2. The fourth-order valence-corrected chi connectivity index (χ4v) is 4.40. The van der Waals surface area contributed by atoms with Gasteiger partial charge in [0, 0.05) is 27.7 Å². The number of nitrogen functional groups attached to an aromatic ring is 1. The van der Waals surface area contributed by atoms with Crippen molar-refractivity contribution in [1.29, 1.82) is 0 Å². The first-order valence-corrected chi connectivity index (χ1v) is 11.1. The zero-order valence-corrected chi connectivity index (χ0v) is 18.9. The van der Waals surface area contributed by atoms with E-state index in [4.69, 9.17) is 17.3 Å². The number of benzene rings is 3. The number of carbonyl (C=O) groups excluding carboxylic acids is 1. The number of fused-ring (bicyclic) bond motifs is 2. The number of hydrogen-bond acceptors (Lipinski definition) is 4. The minimum absolute atomic E-state index is 0.189. The highest BCUT2D eigenvalue weighted by Crippen LogP contribution is 2.29. The molecule has 7 nitrogen and oxygen atoms in total. The van der Waals surface area contributed by atoms with E-state index in [0.717, 1.165) is 44.6 Å². The molecule has 0 saturated heterocycles. The Kier molecular flexibility index (Phi) is 4.53. The molecule has 8 heteroatoms. The van der Waals surface area contributed by atoms with Crippen molar-refractivity contribution in [2.75, 3.05) is 5.73 Å². The lowest BCUT2D eigenvalue weighted by atomic mass is 10.0.